The molecular weight excluding hydrogens is 342 g/mol. The number of benzene rings is 1. The maximum atomic E-state index is 12.3. The van der Waals surface area contributed by atoms with E-state index >= 15 is 0 Å². The predicted octanol–water partition coefficient (Wildman–Crippen LogP) is 2.10. The second-order valence-electron chi connectivity index (χ2n) is 7.02. The van der Waals surface area contributed by atoms with Crippen LogP contribution in [-0.4, -0.2) is 47.0 Å². The Labute approximate surface area is 158 Å². The Kier molecular flexibility index (Phi) is 4.87. The summed E-state index contributed by atoms with van der Waals surface area (Å²) in [4.78, 5) is 29.3. The number of rotatable bonds is 4. The van der Waals surface area contributed by atoms with Crippen molar-refractivity contribution in [2.24, 2.45) is 4.99 Å². The molecule has 0 bridgehead atoms. The summed E-state index contributed by atoms with van der Waals surface area (Å²) in [6, 6.07) is 13.5. The largest absolute Gasteiger partial charge is 0.325 e. The second-order valence-corrected chi connectivity index (χ2v) is 7.02. The molecule has 3 heterocycles. The van der Waals surface area contributed by atoms with Gasteiger partial charge in [-0.2, -0.15) is 0 Å². The molecule has 0 atom stereocenters. The smallest absolute Gasteiger partial charge is 0.238 e. The van der Waals surface area contributed by atoms with Gasteiger partial charge in [-0.05, 0) is 36.8 Å². The van der Waals surface area contributed by atoms with Crippen molar-refractivity contribution in [3.8, 4) is 0 Å². The molecule has 1 fully saturated rings. The molecule has 1 aromatic heterocycles. The highest BCUT2D eigenvalue weighted by Crippen LogP contribution is 2.30. The molecule has 140 valence electrons. The lowest BCUT2D eigenvalue weighted by atomic mass is 10.0. The number of anilines is 1. The number of piperidine rings is 1. The van der Waals surface area contributed by atoms with E-state index in [0.29, 0.717) is 12.4 Å². The molecule has 2 N–H and O–H groups in total. The summed E-state index contributed by atoms with van der Waals surface area (Å²) in [6.07, 6.45) is 3.20. The first-order valence-corrected chi connectivity index (χ1v) is 9.16. The molecule has 0 aliphatic carbocycles. The lowest BCUT2D eigenvalue weighted by molar-refractivity contribution is -0.120. The third kappa shape index (κ3) is 4.15. The number of hydroxylamine groups is 1. The second kappa shape index (κ2) is 7.46. The summed E-state index contributed by atoms with van der Waals surface area (Å²) >= 11 is 0. The van der Waals surface area contributed by atoms with Crippen LogP contribution < -0.4 is 10.8 Å². The average Bonchev–Trinajstić information content (AvgIpc) is 3.08. The van der Waals surface area contributed by atoms with Crippen molar-refractivity contribution in [2.75, 3.05) is 25.0 Å². The lowest BCUT2D eigenvalue weighted by Gasteiger charge is -2.35. The predicted molar refractivity (Wildman–Crippen MR) is 103 cm³/mol. The Morgan fingerprint density at radius 3 is 2.85 bits per heavy atom. The summed E-state index contributed by atoms with van der Waals surface area (Å²) in [5.41, 5.74) is 5.09. The van der Waals surface area contributed by atoms with Gasteiger partial charge in [0.2, 0.25) is 5.91 Å². The lowest BCUT2D eigenvalue weighted by Crippen LogP contribution is -2.46. The SMILES string of the molecule is Cc1cccc(NC(=O)CN2CCC3(CC2)N=C(c2ccccn2)NO3)c1. The van der Waals surface area contributed by atoms with Crippen LogP contribution in [0.25, 0.3) is 0 Å². The topological polar surface area (TPSA) is 78.9 Å². The van der Waals surface area contributed by atoms with E-state index in [0.717, 1.165) is 42.9 Å². The Balaban J connectivity index is 1.31. The molecule has 7 heteroatoms. The summed E-state index contributed by atoms with van der Waals surface area (Å²) in [7, 11) is 0. The van der Waals surface area contributed by atoms with E-state index in [1.807, 2.05) is 49.4 Å². The van der Waals surface area contributed by atoms with Crippen LogP contribution in [0.5, 0.6) is 0 Å². The molecule has 1 saturated heterocycles. The number of nitrogens with zero attached hydrogens (tertiary/aromatic N) is 3. The third-order valence-electron chi connectivity index (χ3n) is 4.87. The van der Waals surface area contributed by atoms with Crippen molar-refractivity contribution in [2.45, 2.75) is 25.5 Å². The number of pyridine rings is 1. The van der Waals surface area contributed by atoms with Crippen LogP contribution in [0.3, 0.4) is 0 Å². The zero-order valence-electron chi connectivity index (χ0n) is 15.3. The van der Waals surface area contributed by atoms with Crippen LogP contribution in [0.15, 0.2) is 53.7 Å². The standard InChI is InChI=1S/C20H23N5O2/c1-15-5-4-6-16(13-15)22-18(26)14-25-11-8-20(9-12-25)23-19(24-27-20)17-7-2-3-10-21-17/h2-7,10,13H,8-9,11-12,14H2,1H3,(H,22,26)(H,23,24). The highest BCUT2D eigenvalue weighted by atomic mass is 16.7. The van der Waals surface area contributed by atoms with Crippen LogP contribution in [-0.2, 0) is 9.63 Å². The fourth-order valence-corrected chi connectivity index (χ4v) is 3.41. The highest BCUT2D eigenvalue weighted by Gasteiger charge is 2.40. The molecular formula is C20H23N5O2. The van der Waals surface area contributed by atoms with Crippen molar-refractivity contribution in [3.05, 3.63) is 59.9 Å². The summed E-state index contributed by atoms with van der Waals surface area (Å²) in [6.45, 7) is 3.88. The van der Waals surface area contributed by atoms with Gasteiger partial charge in [0.1, 0.15) is 5.69 Å². The normalized spacial score (nSPS) is 18.8. The number of likely N-dealkylation sites (tertiary alicyclic amines) is 1. The first-order valence-electron chi connectivity index (χ1n) is 9.16. The monoisotopic (exact) mass is 365 g/mol. The third-order valence-corrected chi connectivity index (χ3v) is 4.87. The minimum absolute atomic E-state index is 0.000286. The van der Waals surface area contributed by atoms with Gasteiger partial charge in [0.05, 0.1) is 6.54 Å². The average molecular weight is 365 g/mol. The van der Waals surface area contributed by atoms with E-state index in [2.05, 4.69) is 20.7 Å². The molecule has 0 radical (unpaired) electrons. The Morgan fingerprint density at radius 2 is 2.11 bits per heavy atom. The molecule has 2 aliphatic rings. The summed E-state index contributed by atoms with van der Waals surface area (Å²) in [5, 5.41) is 2.96. The molecule has 0 unspecified atom stereocenters. The quantitative estimate of drug-likeness (QED) is 0.868. The van der Waals surface area contributed by atoms with Crippen LogP contribution >= 0.6 is 0 Å². The van der Waals surface area contributed by atoms with E-state index in [9.17, 15) is 4.79 Å². The van der Waals surface area contributed by atoms with Crippen LogP contribution in [0.4, 0.5) is 5.69 Å². The summed E-state index contributed by atoms with van der Waals surface area (Å²) in [5.74, 6) is 0.668. The van der Waals surface area contributed by atoms with Crippen molar-refractivity contribution >= 4 is 17.4 Å². The number of nitrogens with one attached hydrogen (secondary N) is 2. The molecule has 1 amide bonds. The van der Waals surface area contributed by atoms with Crippen LogP contribution in [0, 0.1) is 6.92 Å². The number of aryl methyl sites for hydroxylation is 1. The van der Waals surface area contributed by atoms with Crippen LogP contribution in [0.1, 0.15) is 24.1 Å². The minimum atomic E-state index is -0.559. The molecule has 4 rings (SSSR count). The molecule has 27 heavy (non-hydrogen) atoms. The molecule has 1 aromatic carbocycles. The molecule has 0 saturated carbocycles. The van der Waals surface area contributed by atoms with E-state index in [1.54, 1.807) is 6.20 Å². The van der Waals surface area contributed by atoms with Crippen molar-refractivity contribution in [3.63, 3.8) is 0 Å². The number of aliphatic imine (C=N–C) groups is 1. The molecule has 2 aromatic rings. The number of hydrogen-bond acceptors (Lipinski definition) is 6. The maximum Gasteiger partial charge on any atom is 0.238 e. The van der Waals surface area contributed by atoms with Gasteiger partial charge in [-0.15, -0.1) is 0 Å². The van der Waals surface area contributed by atoms with Gasteiger partial charge in [0.25, 0.3) is 0 Å². The fraction of sp³-hybridized carbons (Fsp3) is 0.350. The van der Waals surface area contributed by atoms with E-state index in [-0.39, 0.29) is 5.91 Å². The number of hydrogen-bond donors (Lipinski definition) is 2. The van der Waals surface area contributed by atoms with Gasteiger partial charge in [-0.25, -0.2) is 15.3 Å². The van der Waals surface area contributed by atoms with E-state index in [4.69, 9.17) is 9.83 Å². The van der Waals surface area contributed by atoms with Gasteiger partial charge in [0, 0.05) is 37.8 Å². The molecule has 7 nitrogen and oxygen atoms in total. The number of amides is 1. The maximum absolute atomic E-state index is 12.3. The van der Waals surface area contributed by atoms with Crippen molar-refractivity contribution in [1.82, 2.24) is 15.4 Å². The first-order chi connectivity index (χ1) is 13.1. The number of carbonyl (C=O) groups excluding carboxylic acids is 1. The van der Waals surface area contributed by atoms with Gasteiger partial charge >= 0.3 is 0 Å². The fourth-order valence-electron chi connectivity index (χ4n) is 3.41. The van der Waals surface area contributed by atoms with Gasteiger partial charge in [-0.1, -0.05) is 18.2 Å². The van der Waals surface area contributed by atoms with Crippen molar-refractivity contribution < 1.29 is 9.63 Å². The van der Waals surface area contributed by atoms with E-state index < -0.39 is 5.72 Å². The zero-order chi connectivity index (χ0) is 18.7. The number of aromatic nitrogens is 1. The number of carbonyl (C=O) groups is 1. The van der Waals surface area contributed by atoms with E-state index in [1.165, 1.54) is 0 Å². The first kappa shape index (κ1) is 17.6. The van der Waals surface area contributed by atoms with Crippen molar-refractivity contribution in [1.29, 1.82) is 0 Å². The van der Waals surface area contributed by atoms with Gasteiger partial charge in [-0.3, -0.25) is 14.7 Å². The zero-order valence-corrected chi connectivity index (χ0v) is 15.3. The Hall–Kier alpha value is -2.77. The summed E-state index contributed by atoms with van der Waals surface area (Å²) < 4.78 is 0. The van der Waals surface area contributed by atoms with Gasteiger partial charge in [0.15, 0.2) is 11.6 Å². The molecule has 1 spiro atoms. The van der Waals surface area contributed by atoms with Crippen LogP contribution in [0.2, 0.25) is 0 Å². The Morgan fingerprint density at radius 1 is 1.26 bits per heavy atom. The Bertz CT molecular complexity index is 844. The van der Waals surface area contributed by atoms with Gasteiger partial charge < -0.3 is 5.32 Å². The minimum Gasteiger partial charge on any atom is -0.325 e. The molecule has 2 aliphatic heterocycles. The highest BCUT2D eigenvalue weighted by molar-refractivity contribution is 5.97. The number of amidine groups is 1.